The van der Waals surface area contributed by atoms with Crippen LogP contribution in [-0.4, -0.2) is 18.6 Å². The molecular formula is C16H30N2OS. The largest absolute Gasteiger partial charge is 0.374 e. The first kappa shape index (κ1) is 17.6. The van der Waals surface area contributed by atoms with Crippen molar-refractivity contribution in [2.24, 2.45) is 11.3 Å². The molecule has 20 heavy (non-hydrogen) atoms. The highest BCUT2D eigenvalue weighted by Gasteiger charge is 2.30. The molecule has 0 aliphatic carbocycles. The van der Waals surface area contributed by atoms with Crippen LogP contribution < -0.4 is 5.32 Å². The Hall–Kier alpha value is -0.450. The molecule has 0 fully saturated rings. The van der Waals surface area contributed by atoms with E-state index in [1.807, 2.05) is 0 Å². The molecule has 1 N–H and O–H groups in total. The van der Waals surface area contributed by atoms with E-state index in [1.165, 1.54) is 10.6 Å². The molecule has 0 aliphatic rings. The molecule has 0 saturated carbocycles. The topological polar surface area (TPSA) is 34.1 Å². The van der Waals surface area contributed by atoms with Gasteiger partial charge in [0.2, 0.25) is 0 Å². The first-order chi connectivity index (χ1) is 9.29. The van der Waals surface area contributed by atoms with Crippen molar-refractivity contribution in [2.75, 3.05) is 13.7 Å². The Morgan fingerprint density at radius 1 is 1.30 bits per heavy atom. The van der Waals surface area contributed by atoms with Crippen LogP contribution in [0.1, 0.15) is 63.2 Å². The molecule has 0 radical (unpaired) electrons. The zero-order chi connectivity index (χ0) is 15.3. The van der Waals surface area contributed by atoms with Crippen molar-refractivity contribution in [3.05, 3.63) is 15.6 Å². The summed E-state index contributed by atoms with van der Waals surface area (Å²) in [7, 11) is 1.78. The van der Waals surface area contributed by atoms with Gasteiger partial charge in [-0.2, -0.15) is 0 Å². The predicted molar refractivity (Wildman–Crippen MR) is 87.2 cm³/mol. The first-order valence-electron chi connectivity index (χ1n) is 7.51. The van der Waals surface area contributed by atoms with Crippen LogP contribution in [0.3, 0.4) is 0 Å². The first-order valence-corrected chi connectivity index (χ1v) is 8.33. The van der Waals surface area contributed by atoms with Gasteiger partial charge in [-0.15, -0.1) is 11.3 Å². The lowest BCUT2D eigenvalue weighted by Gasteiger charge is -2.27. The average molecular weight is 298 g/mol. The normalized spacial score (nSPS) is 14.0. The fourth-order valence-electron chi connectivity index (χ4n) is 2.26. The highest BCUT2D eigenvalue weighted by molar-refractivity contribution is 7.11. The van der Waals surface area contributed by atoms with Crippen LogP contribution in [0.25, 0.3) is 0 Å². The molecular weight excluding hydrogens is 268 g/mol. The van der Waals surface area contributed by atoms with Gasteiger partial charge in [0.15, 0.2) is 0 Å². The van der Waals surface area contributed by atoms with E-state index in [-0.39, 0.29) is 11.5 Å². The van der Waals surface area contributed by atoms with Crippen LogP contribution >= 0.6 is 11.3 Å². The standard InChI is InChI=1S/C16H30N2OS/c1-8-17-10-13-12(9-11(2)3)18-15(20-13)14(19-7)16(4,5)6/h11,14,17H,8-10H2,1-7H3. The van der Waals surface area contributed by atoms with Crippen LogP contribution in [0.15, 0.2) is 0 Å². The average Bonchev–Trinajstić information content (AvgIpc) is 2.67. The molecule has 0 bridgehead atoms. The lowest BCUT2D eigenvalue weighted by atomic mass is 9.89. The van der Waals surface area contributed by atoms with Gasteiger partial charge in [-0.25, -0.2) is 4.98 Å². The Labute approximate surface area is 128 Å². The summed E-state index contributed by atoms with van der Waals surface area (Å²) in [5.74, 6) is 0.626. The number of methoxy groups -OCH3 is 1. The maximum Gasteiger partial charge on any atom is 0.123 e. The van der Waals surface area contributed by atoms with E-state index >= 15 is 0 Å². The number of nitrogens with one attached hydrogen (secondary N) is 1. The summed E-state index contributed by atoms with van der Waals surface area (Å²) in [5.41, 5.74) is 1.31. The van der Waals surface area contributed by atoms with Crippen molar-refractivity contribution in [3.8, 4) is 0 Å². The summed E-state index contributed by atoms with van der Waals surface area (Å²) in [6.45, 7) is 15.1. The minimum atomic E-state index is 0.0637. The van der Waals surface area contributed by atoms with Gasteiger partial charge < -0.3 is 10.1 Å². The van der Waals surface area contributed by atoms with Crippen molar-refractivity contribution in [1.29, 1.82) is 0 Å². The van der Waals surface area contributed by atoms with E-state index in [0.717, 1.165) is 24.5 Å². The Bertz CT molecular complexity index is 407. The quantitative estimate of drug-likeness (QED) is 0.820. The third kappa shape index (κ3) is 4.83. The van der Waals surface area contributed by atoms with Gasteiger partial charge >= 0.3 is 0 Å². The molecule has 116 valence electrons. The van der Waals surface area contributed by atoms with E-state index in [2.05, 4.69) is 46.9 Å². The van der Waals surface area contributed by atoms with Gasteiger partial charge in [-0.1, -0.05) is 41.5 Å². The maximum absolute atomic E-state index is 5.71. The Morgan fingerprint density at radius 3 is 2.40 bits per heavy atom. The lowest BCUT2D eigenvalue weighted by Crippen LogP contribution is -2.20. The van der Waals surface area contributed by atoms with Gasteiger partial charge in [-0.05, 0) is 24.3 Å². The molecule has 0 aromatic carbocycles. The minimum Gasteiger partial charge on any atom is -0.374 e. The smallest absolute Gasteiger partial charge is 0.123 e. The molecule has 1 unspecified atom stereocenters. The monoisotopic (exact) mass is 298 g/mol. The molecule has 0 aliphatic heterocycles. The number of ether oxygens (including phenoxy) is 1. The number of hydrogen-bond donors (Lipinski definition) is 1. The predicted octanol–water partition coefficient (Wildman–Crippen LogP) is 4.18. The van der Waals surface area contributed by atoms with Crippen molar-refractivity contribution >= 4 is 11.3 Å². The van der Waals surface area contributed by atoms with Gasteiger partial charge in [-0.3, -0.25) is 0 Å². The molecule has 0 amide bonds. The van der Waals surface area contributed by atoms with E-state index < -0.39 is 0 Å². The number of nitrogens with zero attached hydrogens (tertiary/aromatic N) is 1. The molecule has 1 rings (SSSR count). The number of aromatic nitrogens is 1. The van der Waals surface area contributed by atoms with Crippen LogP contribution in [0.2, 0.25) is 0 Å². The Morgan fingerprint density at radius 2 is 1.95 bits per heavy atom. The van der Waals surface area contributed by atoms with E-state index in [4.69, 9.17) is 9.72 Å². The highest BCUT2D eigenvalue weighted by atomic mass is 32.1. The maximum atomic E-state index is 5.71. The second-order valence-corrected chi connectivity index (χ2v) is 7.90. The molecule has 1 atom stereocenters. The second-order valence-electron chi connectivity index (χ2n) is 6.78. The van der Waals surface area contributed by atoms with E-state index in [1.54, 1.807) is 18.4 Å². The van der Waals surface area contributed by atoms with Crippen molar-refractivity contribution < 1.29 is 4.74 Å². The summed E-state index contributed by atoms with van der Waals surface area (Å²) in [6, 6.07) is 0. The van der Waals surface area contributed by atoms with Crippen molar-refractivity contribution in [3.63, 3.8) is 0 Å². The Balaban J connectivity index is 3.05. The van der Waals surface area contributed by atoms with E-state index in [9.17, 15) is 0 Å². The van der Waals surface area contributed by atoms with Crippen LogP contribution in [-0.2, 0) is 17.7 Å². The van der Waals surface area contributed by atoms with Gasteiger partial charge in [0.25, 0.3) is 0 Å². The van der Waals surface area contributed by atoms with Crippen LogP contribution in [0.4, 0.5) is 0 Å². The van der Waals surface area contributed by atoms with Crippen LogP contribution in [0, 0.1) is 11.3 Å². The molecule has 4 heteroatoms. The molecule has 1 aromatic rings. The third-order valence-electron chi connectivity index (χ3n) is 3.18. The van der Waals surface area contributed by atoms with Gasteiger partial charge in [0.05, 0.1) is 5.69 Å². The number of thiazole rings is 1. The number of hydrogen-bond acceptors (Lipinski definition) is 4. The molecule has 1 aromatic heterocycles. The summed E-state index contributed by atoms with van der Waals surface area (Å²) in [6.07, 6.45) is 1.10. The molecule has 3 nitrogen and oxygen atoms in total. The summed E-state index contributed by atoms with van der Waals surface area (Å²) in [5, 5.41) is 4.53. The molecule has 0 saturated heterocycles. The fourth-order valence-corrected chi connectivity index (χ4v) is 3.65. The summed E-state index contributed by atoms with van der Waals surface area (Å²) >= 11 is 1.80. The van der Waals surface area contributed by atoms with Crippen LogP contribution in [0.5, 0.6) is 0 Å². The number of rotatable bonds is 7. The zero-order valence-corrected chi connectivity index (χ0v) is 14.9. The summed E-state index contributed by atoms with van der Waals surface area (Å²) < 4.78 is 5.71. The van der Waals surface area contributed by atoms with Gasteiger partial charge in [0, 0.05) is 18.5 Å². The van der Waals surface area contributed by atoms with Crippen molar-refractivity contribution in [2.45, 2.75) is 60.6 Å². The molecule has 0 spiro atoms. The minimum absolute atomic E-state index is 0.0637. The summed E-state index contributed by atoms with van der Waals surface area (Å²) in [4.78, 5) is 6.26. The second kappa shape index (κ2) is 7.53. The fraction of sp³-hybridized carbons (Fsp3) is 0.812. The lowest BCUT2D eigenvalue weighted by molar-refractivity contribution is 0.0149. The van der Waals surface area contributed by atoms with Gasteiger partial charge in [0.1, 0.15) is 11.1 Å². The highest BCUT2D eigenvalue weighted by Crippen LogP contribution is 2.38. The van der Waals surface area contributed by atoms with Crippen molar-refractivity contribution in [1.82, 2.24) is 10.3 Å². The van der Waals surface area contributed by atoms with E-state index in [0.29, 0.717) is 5.92 Å². The Kier molecular flexibility index (Phi) is 6.62. The SMILES string of the molecule is CCNCc1sc(C(OC)C(C)(C)C)nc1CC(C)C. The zero-order valence-electron chi connectivity index (χ0n) is 14.0. The molecule has 1 heterocycles. The third-order valence-corrected chi connectivity index (χ3v) is 4.32.